The summed E-state index contributed by atoms with van der Waals surface area (Å²) in [4.78, 5) is 15.6. The van der Waals surface area contributed by atoms with Gasteiger partial charge in [0.1, 0.15) is 5.82 Å². The number of carbonyl (C=O) groups excluding carboxylic acids is 1. The summed E-state index contributed by atoms with van der Waals surface area (Å²) >= 11 is 0. The number of sulfonamides is 1. The van der Waals surface area contributed by atoms with E-state index in [4.69, 9.17) is 5.14 Å². The van der Waals surface area contributed by atoms with E-state index in [0.29, 0.717) is 10.9 Å². The fraction of sp³-hybridized carbons (Fsp3) is 0.211. The van der Waals surface area contributed by atoms with E-state index in [1.165, 1.54) is 24.3 Å². The molecule has 1 unspecified atom stereocenters. The Kier molecular flexibility index (Phi) is 5.03. The predicted octanol–water partition coefficient (Wildman–Crippen LogP) is 2.68. The fourth-order valence-corrected chi connectivity index (χ4v) is 3.65. The van der Waals surface area contributed by atoms with E-state index < -0.39 is 16.1 Å². The predicted molar refractivity (Wildman–Crippen MR) is 101 cm³/mol. The lowest BCUT2D eigenvalue weighted by Crippen LogP contribution is -2.28. The van der Waals surface area contributed by atoms with Gasteiger partial charge in [-0.1, -0.05) is 12.1 Å². The van der Waals surface area contributed by atoms with Crippen LogP contribution in [-0.2, 0) is 21.2 Å². The number of hydrogen-bond acceptors (Lipinski definition) is 3. The van der Waals surface area contributed by atoms with Gasteiger partial charge in [0.2, 0.25) is 15.9 Å². The van der Waals surface area contributed by atoms with Gasteiger partial charge in [-0.15, -0.1) is 0 Å². The minimum absolute atomic E-state index is 0.0101. The van der Waals surface area contributed by atoms with Crippen LogP contribution in [0.4, 0.5) is 4.39 Å². The van der Waals surface area contributed by atoms with Crippen molar-refractivity contribution in [3.63, 3.8) is 0 Å². The Bertz CT molecular complexity index is 1120. The summed E-state index contributed by atoms with van der Waals surface area (Å²) in [5, 5.41) is 8.66. The SMILES string of the molecule is Cc1[nH]c2ccc(F)cc2c1CC(=O)NC(C)c1cccc(S(N)(=O)=O)c1. The van der Waals surface area contributed by atoms with Gasteiger partial charge in [-0.25, -0.2) is 17.9 Å². The standard InChI is InChI=1S/C19H20FN3O3S/c1-11(13-4-3-5-15(8-13)27(21,25)26)23-19(24)10-16-12(2)22-18-7-6-14(20)9-17(16)18/h3-9,11,22H,10H2,1-2H3,(H,23,24)(H2,21,25,26). The van der Waals surface area contributed by atoms with Gasteiger partial charge in [0, 0.05) is 16.6 Å². The van der Waals surface area contributed by atoms with Crippen molar-refractivity contribution in [2.45, 2.75) is 31.2 Å². The summed E-state index contributed by atoms with van der Waals surface area (Å²) in [5.41, 5.74) is 2.92. The molecule has 2 aromatic carbocycles. The van der Waals surface area contributed by atoms with E-state index in [1.807, 2.05) is 6.92 Å². The van der Waals surface area contributed by atoms with Crippen molar-refractivity contribution in [3.05, 3.63) is 65.1 Å². The minimum Gasteiger partial charge on any atom is -0.358 e. The fourth-order valence-electron chi connectivity index (χ4n) is 3.08. The third-order valence-corrected chi connectivity index (χ3v) is 5.39. The second kappa shape index (κ2) is 7.13. The lowest BCUT2D eigenvalue weighted by atomic mass is 10.1. The molecule has 3 rings (SSSR count). The maximum atomic E-state index is 13.6. The Morgan fingerprint density at radius 3 is 2.70 bits per heavy atom. The van der Waals surface area contributed by atoms with Crippen molar-refractivity contribution in [3.8, 4) is 0 Å². The van der Waals surface area contributed by atoms with Gasteiger partial charge >= 0.3 is 0 Å². The highest BCUT2D eigenvalue weighted by Crippen LogP contribution is 2.24. The zero-order valence-electron chi connectivity index (χ0n) is 14.9. The van der Waals surface area contributed by atoms with Gasteiger partial charge in [-0.3, -0.25) is 4.79 Å². The summed E-state index contributed by atoms with van der Waals surface area (Å²) in [7, 11) is -3.81. The van der Waals surface area contributed by atoms with Crippen LogP contribution in [0, 0.1) is 12.7 Å². The number of benzene rings is 2. The third kappa shape index (κ3) is 4.17. The molecule has 142 valence electrons. The zero-order valence-corrected chi connectivity index (χ0v) is 15.7. The van der Waals surface area contributed by atoms with E-state index in [-0.39, 0.29) is 23.0 Å². The van der Waals surface area contributed by atoms with E-state index >= 15 is 0 Å². The van der Waals surface area contributed by atoms with Crippen molar-refractivity contribution in [2.24, 2.45) is 5.14 Å². The Morgan fingerprint density at radius 1 is 1.26 bits per heavy atom. The van der Waals surface area contributed by atoms with E-state index in [0.717, 1.165) is 16.8 Å². The maximum absolute atomic E-state index is 13.6. The molecule has 0 aliphatic rings. The highest BCUT2D eigenvalue weighted by molar-refractivity contribution is 7.89. The number of amides is 1. The number of aromatic amines is 1. The first-order chi connectivity index (χ1) is 12.6. The number of aromatic nitrogens is 1. The quantitative estimate of drug-likeness (QED) is 0.625. The lowest BCUT2D eigenvalue weighted by Gasteiger charge is -2.15. The molecule has 0 aliphatic heterocycles. The largest absolute Gasteiger partial charge is 0.358 e. The molecule has 0 aliphatic carbocycles. The monoisotopic (exact) mass is 389 g/mol. The number of hydrogen-bond donors (Lipinski definition) is 3. The number of carbonyl (C=O) groups is 1. The Morgan fingerprint density at radius 2 is 2.00 bits per heavy atom. The lowest BCUT2D eigenvalue weighted by molar-refractivity contribution is -0.121. The topological polar surface area (TPSA) is 105 Å². The average molecular weight is 389 g/mol. The average Bonchev–Trinajstić information content (AvgIpc) is 2.89. The summed E-state index contributed by atoms with van der Waals surface area (Å²) in [6.07, 6.45) is 0.0779. The zero-order chi connectivity index (χ0) is 19.8. The van der Waals surface area contributed by atoms with Gasteiger partial charge < -0.3 is 10.3 Å². The number of halogens is 1. The van der Waals surface area contributed by atoms with Gasteiger partial charge in [0.25, 0.3) is 0 Å². The van der Waals surface area contributed by atoms with Crippen LogP contribution in [0.25, 0.3) is 10.9 Å². The Balaban J connectivity index is 1.79. The third-order valence-electron chi connectivity index (χ3n) is 4.48. The minimum atomic E-state index is -3.81. The van der Waals surface area contributed by atoms with Crippen molar-refractivity contribution in [2.75, 3.05) is 0 Å². The normalized spacial score (nSPS) is 12.9. The first-order valence-electron chi connectivity index (χ1n) is 8.34. The number of H-pyrrole nitrogens is 1. The molecule has 4 N–H and O–H groups in total. The molecule has 0 radical (unpaired) electrons. The molecule has 27 heavy (non-hydrogen) atoms. The van der Waals surface area contributed by atoms with Crippen molar-refractivity contribution >= 4 is 26.8 Å². The van der Waals surface area contributed by atoms with Crippen molar-refractivity contribution < 1.29 is 17.6 Å². The van der Waals surface area contributed by atoms with Crippen LogP contribution in [-0.4, -0.2) is 19.3 Å². The smallest absolute Gasteiger partial charge is 0.238 e. The molecule has 1 aromatic heterocycles. The van der Waals surface area contributed by atoms with Gasteiger partial charge in [-0.05, 0) is 55.3 Å². The molecule has 1 amide bonds. The molecule has 3 aromatic rings. The number of rotatable bonds is 5. The van der Waals surface area contributed by atoms with Gasteiger partial charge in [0.05, 0.1) is 17.4 Å². The van der Waals surface area contributed by atoms with Crippen molar-refractivity contribution in [1.82, 2.24) is 10.3 Å². The molecule has 0 saturated heterocycles. The van der Waals surface area contributed by atoms with Crippen LogP contribution < -0.4 is 10.5 Å². The molecule has 0 saturated carbocycles. The van der Waals surface area contributed by atoms with Crippen LogP contribution >= 0.6 is 0 Å². The van der Waals surface area contributed by atoms with Gasteiger partial charge in [-0.2, -0.15) is 0 Å². The van der Waals surface area contributed by atoms with Crippen LogP contribution in [0.2, 0.25) is 0 Å². The summed E-state index contributed by atoms with van der Waals surface area (Å²) < 4.78 is 36.5. The summed E-state index contributed by atoms with van der Waals surface area (Å²) in [6.45, 7) is 3.58. The number of aryl methyl sites for hydroxylation is 1. The highest BCUT2D eigenvalue weighted by atomic mass is 32.2. The number of fused-ring (bicyclic) bond motifs is 1. The number of primary sulfonamides is 1. The van der Waals surface area contributed by atoms with Crippen LogP contribution in [0.15, 0.2) is 47.4 Å². The number of nitrogens with two attached hydrogens (primary N) is 1. The van der Waals surface area contributed by atoms with Crippen LogP contribution in [0.3, 0.4) is 0 Å². The molecule has 1 heterocycles. The summed E-state index contributed by atoms with van der Waals surface area (Å²) in [5.74, 6) is -0.617. The molecule has 0 bridgehead atoms. The molecule has 1 atom stereocenters. The van der Waals surface area contributed by atoms with Crippen molar-refractivity contribution in [1.29, 1.82) is 0 Å². The van der Waals surface area contributed by atoms with E-state index in [9.17, 15) is 17.6 Å². The Hall–Kier alpha value is -2.71. The van der Waals surface area contributed by atoms with Crippen LogP contribution in [0.5, 0.6) is 0 Å². The Labute approximate surface area is 156 Å². The summed E-state index contributed by atoms with van der Waals surface area (Å²) in [6, 6.07) is 10.1. The molecule has 0 fully saturated rings. The molecular weight excluding hydrogens is 369 g/mol. The van der Waals surface area contributed by atoms with Crippen LogP contribution in [0.1, 0.15) is 29.8 Å². The molecule has 0 spiro atoms. The van der Waals surface area contributed by atoms with E-state index in [1.54, 1.807) is 25.1 Å². The highest BCUT2D eigenvalue weighted by Gasteiger charge is 2.17. The first kappa shape index (κ1) is 19.1. The molecule has 8 heteroatoms. The molecular formula is C19H20FN3O3S. The molecule has 6 nitrogen and oxygen atoms in total. The second-order valence-electron chi connectivity index (χ2n) is 6.50. The first-order valence-corrected chi connectivity index (χ1v) is 9.88. The second-order valence-corrected chi connectivity index (χ2v) is 8.06. The maximum Gasteiger partial charge on any atom is 0.238 e. The number of nitrogens with one attached hydrogen (secondary N) is 2. The van der Waals surface area contributed by atoms with Gasteiger partial charge in [0.15, 0.2) is 0 Å². The van der Waals surface area contributed by atoms with E-state index in [2.05, 4.69) is 10.3 Å².